The zero-order chi connectivity index (χ0) is 18.0. The van der Waals surface area contributed by atoms with Crippen molar-refractivity contribution in [2.45, 2.75) is 13.5 Å². The topological polar surface area (TPSA) is 121 Å². The van der Waals surface area contributed by atoms with Gasteiger partial charge in [0.2, 0.25) is 11.6 Å². The summed E-state index contributed by atoms with van der Waals surface area (Å²) >= 11 is 0. The number of nitrogens with zero attached hydrogens (tertiary/aromatic N) is 6. The number of rotatable bonds is 5. The summed E-state index contributed by atoms with van der Waals surface area (Å²) in [6.07, 6.45) is 2.51. The number of aryl methyl sites for hydroxylation is 2. The molecule has 1 amide bonds. The molecule has 10 nitrogen and oxygen atoms in total. The monoisotopic (exact) mass is 341 g/mol. The average molecular weight is 341 g/mol. The molecule has 0 saturated heterocycles. The zero-order valence-electron chi connectivity index (χ0n) is 13.6. The maximum atomic E-state index is 12.3. The molecule has 10 heteroatoms. The molecule has 0 aliphatic rings. The van der Waals surface area contributed by atoms with E-state index in [1.165, 1.54) is 13.4 Å². The first kappa shape index (κ1) is 16.3. The first-order valence-electron chi connectivity index (χ1n) is 7.37. The van der Waals surface area contributed by atoms with Crippen LogP contribution in [0.3, 0.4) is 0 Å². The predicted molar refractivity (Wildman–Crippen MR) is 88.1 cm³/mol. The van der Waals surface area contributed by atoms with Gasteiger partial charge in [0.15, 0.2) is 0 Å². The van der Waals surface area contributed by atoms with Crippen LogP contribution >= 0.6 is 0 Å². The van der Waals surface area contributed by atoms with Gasteiger partial charge in [-0.15, -0.1) is 5.10 Å². The lowest BCUT2D eigenvalue weighted by Crippen LogP contribution is -2.18. The van der Waals surface area contributed by atoms with Crippen LogP contribution in [0.1, 0.15) is 21.6 Å². The standard InChI is InChI=1S/C15H15N7O3/c1-10-4-3-5-11(6-10)8-21-9-16-15(19-21)18-14(23)13-12(22(24)25)7-17-20(13)2/h3-7,9H,8H2,1-2H3,(H,18,19,23). The van der Waals surface area contributed by atoms with Crippen molar-refractivity contribution in [2.75, 3.05) is 5.32 Å². The quantitative estimate of drug-likeness (QED) is 0.555. The Kier molecular flexibility index (Phi) is 4.25. The Labute approximate surface area is 142 Å². The van der Waals surface area contributed by atoms with Gasteiger partial charge in [0.1, 0.15) is 12.5 Å². The molecule has 2 aromatic heterocycles. The van der Waals surface area contributed by atoms with Crippen molar-refractivity contribution in [3.05, 3.63) is 63.7 Å². The van der Waals surface area contributed by atoms with Gasteiger partial charge in [-0.3, -0.25) is 24.9 Å². The molecule has 0 saturated carbocycles. The number of nitrogens with one attached hydrogen (secondary N) is 1. The summed E-state index contributed by atoms with van der Waals surface area (Å²) in [6, 6.07) is 7.94. The van der Waals surface area contributed by atoms with E-state index >= 15 is 0 Å². The summed E-state index contributed by atoms with van der Waals surface area (Å²) in [7, 11) is 1.45. The molecular weight excluding hydrogens is 326 g/mol. The van der Waals surface area contributed by atoms with E-state index in [-0.39, 0.29) is 17.3 Å². The van der Waals surface area contributed by atoms with Crippen molar-refractivity contribution < 1.29 is 9.72 Å². The van der Waals surface area contributed by atoms with Gasteiger partial charge in [0, 0.05) is 7.05 Å². The Morgan fingerprint density at radius 1 is 1.40 bits per heavy atom. The minimum atomic E-state index is -0.694. The van der Waals surface area contributed by atoms with Crippen molar-refractivity contribution in [3.63, 3.8) is 0 Å². The van der Waals surface area contributed by atoms with E-state index in [4.69, 9.17) is 0 Å². The highest BCUT2D eigenvalue weighted by Crippen LogP contribution is 2.17. The van der Waals surface area contributed by atoms with Crippen molar-refractivity contribution >= 4 is 17.5 Å². The third-order valence-electron chi connectivity index (χ3n) is 3.52. The van der Waals surface area contributed by atoms with Gasteiger partial charge in [0.05, 0.1) is 11.5 Å². The van der Waals surface area contributed by atoms with E-state index in [2.05, 4.69) is 20.5 Å². The Balaban J connectivity index is 1.74. The number of carbonyl (C=O) groups is 1. The lowest BCUT2D eigenvalue weighted by atomic mass is 10.1. The third-order valence-corrected chi connectivity index (χ3v) is 3.52. The molecule has 0 radical (unpaired) electrons. The molecule has 0 bridgehead atoms. The fourth-order valence-electron chi connectivity index (χ4n) is 2.41. The molecule has 0 aliphatic carbocycles. The second-order valence-corrected chi connectivity index (χ2v) is 5.47. The number of anilines is 1. The number of carbonyl (C=O) groups excluding carboxylic acids is 1. The molecule has 3 rings (SSSR count). The van der Waals surface area contributed by atoms with E-state index < -0.39 is 10.8 Å². The molecule has 2 heterocycles. The maximum absolute atomic E-state index is 12.3. The van der Waals surface area contributed by atoms with Gasteiger partial charge < -0.3 is 0 Å². The molecule has 0 atom stereocenters. The van der Waals surface area contributed by atoms with Gasteiger partial charge in [-0.05, 0) is 12.5 Å². The van der Waals surface area contributed by atoms with Crippen molar-refractivity contribution in [2.24, 2.45) is 7.05 Å². The van der Waals surface area contributed by atoms with Crippen LogP contribution < -0.4 is 5.32 Å². The molecule has 1 aromatic carbocycles. The Bertz CT molecular complexity index is 944. The zero-order valence-corrected chi connectivity index (χ0v) is 13.6. The van der Waals surface area contributed by atoms with E-state index in [1.54, 1.807) is 4.68 Å². The van der Waals surface area contributed by atoms with Crippen LogP contribution in [0.15, 0.2) is 36.8 Å². The summed E-state index contributed by atoms with van der Waals surface area (Å²) in [5.74, 6) is -0.631. The van der Waals surface area contributed by atoms with Gasteiger partial charge in [0.25, 0.3) is 5.91 Å². The normalized spacial score (nSPS) is 10.6. The van der Waals surface area contributed by atoms with Crippen LogP contribution in [0, 0.1) is 17.0 Å². The third kappa shape index (κ3) is 3.52. The minimum absolute atomic E-state index is 0.0631. The molecule has 0 fully saturated rings. The van der Waals surface area contributed by atoms with Crippen LogP contribution in [0.5, 0.6) is 0 Å². The molecule has 3 aromatic rings. The number of hydrogen-bond acceptors (Lipinski definition) is 6. The fourth-order valence-corrected chi connectivity index (χ4v) is 2.41. The predicted octanol–water partition coefficient (Wildman–Crippen LogP) is 1.53. The fraction of sp³-hybridized carbons (Fsp3) is 0.200. The molecule has 0 spiro atoms. The Morgan fingerprint density at radius 2 is 2.20 bits per heavy atom. The molecule has 128 valence electrons. The highest BCUT2D eigenvalue weighted by molar-refractivity contribution is 6.04. The Morgan fingerprint density at radius 3 is 2.92 bits per heavy atom. The smallest absolute Gasteiger partial charge is 0.288 e. The summed E-state index contributed by atoms with van der Waals surface area (Å²) in [5, 5.41) is 21.3. The molecule has 1 N–H and O–H groups in total. The van der Waals surface area contributed by atoms with Crippen LogP contribution in [-0.2, 0) is 13.6 Å². The maximum Gasteiger partial charge on any atom is 0.320 e. The van der Waals surface area contributed by atoms with E-state index in [9.17, 15) is 14.9 Å². The second-order valence-electron chi connectivity index (χ2n) is 5.47. The SMILES string of the molecule is Cc1cccc(Cn2cnc(NC(=O)c3c([N+](=O)[O-])cnn3C)n2)c1. The number of amides is 1. The summed E-state index contributed by atoms with van der Waals surface area (Å²) < 4.78 is 2.71. The van der Waals surface area contributed by atoms with Crippen molar-refractivity contribution in [1.82, 2.24) is 24.5 Å². The lowest BCUT2D eigenvalue weighted by Gasteiger charge is -2.03. The van der Waals surface area contributed by atoms with Crippen molar-refractivity contribution in [1.29, 1.82) is 0 Å². The highest BCUT2D eigenvalue weighted by atomic mass is 16.6. The molecule has 25 heavy (non-hydrogen) atoms. The summed E-state index contributed by atoms with van der Waals surface area (Å²) in [6.45, 7) is 2.49. The number of hydrogen-bond donors (Lipinski definition) is 1. The first-order chi connectivity index (χ1) is 11.9. The number of aromatic nitrogens is 5. The lowest BCUT2D eigenvalue weighted by molar-refractivity contribution is -0.385. The molecular formula is C15H15N7O3. The van der Waals surface area contributed by atoms with E-state index in [1.807, 2.05) is 31.2 Å². The first-order valence-corrected chi connectivity index (χ1v) is 7.37. The van der Waals surface area contributed by atoms with Gasteiger partial charge in [-0.25, -0.2) is 9.67 Å². The number of nitro groups is 1. The molecule has 0 aliphatic heterocycles. The summed E-state index contributed by atoms with van der Waals surface area (Å²) in [5.41, 5.74) is 1.64. The Hall–Kier alpha value is -3.56. The van der Waals surface area contributed by atoms with Crippen LogP contribution in [-0.4, -0.2) is 35.4 Å². The average Bonchev–Trinajstić information content (AvgIpc) is 3.14. The van der Waals surface area contributed by atoms with E-state index in [0.717, 1.165) is 22.0 Å². The van der Waals surface area contributed by atoms with Gasteiger partial charge in [-0.1, -0.05) is 29.8 Å². The van der Waals surface area contributed by atoms with Gasteiger partial charge in [-0.2, -0.15) is 5.10 Å². The van der Waals surface area contributed by atoms with Crippen molar-refractivity contribution in [3.8, 4) is 0 Å². The van der Waals surface area contributed by atoms with Crippen LogP contribution in [0.2, 0.25) is 0 Å². The van der Waals surface area contributed by atoms with Crippen LogP contribution in [0.25, 0.3) is 0 Å². The number of benzene rings is 1. The molecule has 0 unspecified atom stereocenters. The minimum Gasteiger partial charge on any atom is -0.288 e. The van der Waals surface area contributed by atoms with Crippen LogP contribution in [0.4, 0.5) is 11.6 Å². The largest absolute Gasteiger partial charge is 0.320 e. The summed E-state index contributed by atoms with van der Waals surface area (Å²) in [4.78, 5) is 26.6. The van der Waals surface area contributed by atoms with Gasteiger partial charge >= 0.3 is 5.69 Å². The highest BCUT2D eigenvalue weighted by Gasteiger charge is 2.26. The van der Waals surface area contributed by atoms with E-state index in [0.29, 0.717) is 6.54 Å². The second kappa shape index (κ2) is 6.51.